The molecule has 9 heteroatoms. The zero-order chi connectivity index (χ0) is 19.7. The fourth-order valence-electron chi connectivity index (χ4n) is 2.77. The second-order valence-corrected chi connectivity index (χ2v) is 6.82. The third kappa shape index (κ3) is 3.49. The Morgan fingerprint density at radius 1 is 1.41 bits per heavy atom. The van der Waals surface area contributed by atoms with E-state index in [0.29, 0.717) is 27.9 Å². The summed E-state index contributed by atoms with van der Waals surface area (Å²) in [5, 5.41) is 20.6. The molecule has 0 spiro atoms. The van der Waals surface area contributed by atoms with Gasteiger partial charge in [0.2, 0.25) is 0 Å². The van der Waals surface area contributed by atoms with Crippen molar-refractivity contribution in [2.24, 2.45) is 0 Å². The van der Waals surface area contributed by atoms with Crippen LogP contribution in [0.1, 0.15) is 39.1 Å². The number of nitrogens with zero attached hydrogens (tertiary/aromatic N) is 2. The molecule has 2 heterocycles. The molecule has 3 rings (SSSR count). The van der Waals surface area contributed by atoms with E-state index in [4.69, 9.17) is 0 Å². The van der Waals surface area contributed by atoms with Crippen LogP contribution < -0.4 is 5.56 Å². The summed E-state index contributed by atoms with van der Waals surface area (Å²) in [6.07, 6.45) is 3.69. The number of carbonyl (C=O) groups is 1. The summed E-state index contributed by atoms with van der Waals surface area (Å²) in [6, 6.07) is 4.90. The van der Waals surface area contributed by atoms with E-state index in [2.05, 4.69) is 9.97 Å². The van der Waals surface area contributed by atoms with Crippen molar-refractivity contribution in [3.05, 3.63) is 66.1 Å². The number of thiophene rings is 1. The molecule has 138 valence electrons. The van der Waals surface area contributed by atoms with Gasteiger partial charge in [0.25, 0.3) is 11.2 Å². The van der Waals surface area contributed by atoms with Crippen LogP contribution in [0.3, 0.4) is 0 Å². The number of H-pyrrole nitrogens is 1. The molecule has 0 radical (unpaired) electrons. The fourth-order valence-corrected chi connectivity index (χ4v) is 3.80. The minimum Gasteiger partial charge on any atom is -0.477 e. The summed E-state index contributed by atoms with van der Waals surface area (Å²) in [6.45, 7) is 3.42. The zero-order valence-electron chi connectivity index (χ0n) is 14.5. The molecule has 0 fully saturated rings. The van der Waals surface area contributed by atoms with Crippen LogP contribution in [0.2, 0.25) is 0 Å². The van der Waals surface area contributed by atoms with Gasteiger partial charge in [0.15, 0.2) is 0 Å². The number of fused-ring (bicyclic) bond motifs is 1. The van der Waals surface area contributed by atoms with Crippen molar-refractivity contribution in [2.45, 2.75) is 20.3 Å². The number of aromatic amines is 1. The van der Waals surface area contributed by atoms with Gasteiger partial charge in [-0.15, -0.1) is 11.3 Å². The predicted octanol–water partition coefficient (Wildman–Crippen LogP) is 3.63. The third-order valence-electron chi connectivity index (χ3n) is 4.13. The molecule has 0 saturated carbocycles. The van der Waals surface area contributed by atoms with Crippen LogP contribution in [0.25, 0.3) is 22.4 Å². The quantitative estimate of drug-likeness (QED) is 0.510. The van der Waals surface area contributed by atoms with Gasteiger partial charge in [0, 0.05) is 11.6 Å². The molecular weight excluding hydrogens is 370 g/mol. The van der Waals surface area contributed by atoms with Gasteiger partial charge >= 0.3 is 5.97 Å². The first-order valence-electron chi connectivity index (χ1n) is 8.04. The zero-order valence-corrected chi connectivity index (χ0v) is 15.3. The molecule has 0 aliphatic carbocycles. The van der Waals surface area contributed by atoms with Crippen molar-refractivity contribution in [2.75, 3.05) is 0 Å². The molecule has 27 heavy (non-hydrogen) atoms. The average Bonchev–Trinajstić information content (AvgIpc) is 2.97. The van der Waals surface area contributed by atoms with Crippen molar-refractivity contribution in [1.82, 2.24) is 9.97 Å². The highest BCUT2D eigenvalue weighted by atomic mass is 32.1. The number of nitro benzene ring substituents is 1. The van der Waals surface area contributed by atoms with Gasteiger partial charge in [-0.1, -0.05) is 25.1 Å². The van der Waals surface area contributed by atoms with Crippen LogP contribution in [0.5, 0.6) is 0 Å². The summed E-state index contributed by atoms with van der Waals surface area (Å²) in [5.41, 5.74) is 1.23. The van der Waals surface area contributed by atoms with Crippen molar-refractivity contribution >= 4 is 45.4 Å². The van der Waals surface area contributed by atoms with Crippen molar-refractivity contribution in [1.29, 1.82) is 0 Å². The first-order chi connectivity index (χ1) is 12.8. The SMILES string of the molecule is CCc1ccc(C=Cc2nc3sc(C(=O)O)c(C)c3c(=O)[nH]2)cc1[N+](=O)[O-]. The molecule has 3 aromatic rings. The van der Waals surface area contributed by atoms with Gasteiger partial charge in [-0.25, -0.2) is 9.78 Å². The van der Waals surface area contributed by atoms with Crippen molar-refractivity contribution in [3.8, 4) is 0 Å². The Bertz CT molecular complexity index is 1160. The molecule has 2 N–H and O–H groups in total. The van der Waals surface area contributed by atoms with Gasteiger partial charge in [0.05, 0.1) is 10.3 Å². The number of benzene rings is 1. The van der Waals surface area contributed by atoms with Crippen LogP contribution >= 0.6 is 11.3 Å². The van der Waals surface area contributed by atoms with Gasteiger partial charge < -0.3 is 10.1 Å². The van der Waals surface area contributed by atoms with E-state index in [9.17, 15) is 24.8 Å². The molecule has 0 amide bonds. The summed E-state index contributed by atoms with van der Waals surface area (Å²) in [4.78, 5) is 41.6. The van der Waals surface area contributed by atoms with E-state index in [1.807, 2.05) is 6.92 Å². The maximum atomic E-state index is 12.3. The second-order valence-electron chi connectivity index (χ2n) is 5.82. The normalized spacial score (nSPS) is 11.3. The number of rotatable bonds is 5. The Labute approximate surface area is 157 Å². The molecule has 8 nitrogen and oxygen atoms in total. The lowest BCUT2D eigenvalue weighted by atomic mass is 10.1. The fraction of sp³-hybridized carbons (Fsp3) is 0.167. The lowest BCUT2D eigenvalue weighted by molar-refractivity contribution is -0.385. The predicted molar refractivity (Wildman–Crippen MR) is 103 cm³/mol. The van der Waals surface area contributed by atoms with Crippen molar-refractivity contribution in [3.63, 3.8) is 0 Å². The van der Waals surface area contributed by atoms with Crippen LogP contribution in [0.15, 0.2) is 23.0 Å². The highest BCUT2D eigenvalue weighted by molar-refractivity contribution is 7.20. The number of carboxylic acid groups (broad SMARTS) is 1. The van der Waals surface area contributed by atoms with Gasteiger partial charge in [0.1, 0.15) is 15.5 Å². The Morgan fingerprint density at radius 2 is 2.15 bits per heavy atom. The monoisotopic (exact) mass is 385 g/mol. The lowest BCUT2D eigenvalue weighted by Crippen LogP contribution is -2.09. The molecule has 0 unspecified atom stereocenters. The number of hydrogen-bond acceptors (Lipinski definition) is 6. The van der Waals surface area contributed by atoms with Crippen molar-refractivity contribution < 1.29 is 14.8 Å². The van der Waals surface area contributed by atoms with E-state index in [-0.39, 0.29) is 21.8 Å². The molecule has 0 aliphatic heterocycles. The Hall–Kier alpha value is -3.33. The van der Waals surface area contributed by atoms with Crippen LogP contribution in [-0.2, 0) is 6.42 Å². The van der Waals surface area contributed by atoms with E-state index >= 15 is 0 Å². The first-order valence-corrected chi connectivity index (χ1v) is 8.85. The van der Waals surface area contributed by atoms with Crippen LogP contribution in [0, 0.1) is 17.0 Å². The number of aromatic carboxylic acids is 1. The standard InChI is InChI=1S/C18H15N3O5S/c1-3-11-6-4-10(8-12(11)21(25)26)5-7-13-19-16(22)14-9(2)15(18(23)24)27-17(14)20-13/h4-8H,3H2,1-2H3,(H,23,24)(H,19,20,22). The molecule has 0 bridgehead atoms. The summed E-state index contributed by atoms with van der Waals surface area (Å²) < 4.78 is 0. The van der Waals surface area contributed by atoms with Crippen LogP contribution in [-0.4, -0.2) is 26.0 Å². The number of aromatic nitrogens is 2. The number of nitrogens with one attached hydrogen (secondary N) is 1. The van der Waals surface area contributed by atoms with Gasteiger partial charge in [-0.05, 0) is 30.5 Å². The van der Waals surface area contributed by atoms with E-state index in [1.165, 1.54) is 12.1 Å². The second kappa shape index (κ2) is 7.12. The molecule has 0 saturated heterocycles. The van der Waals surface area contributed by atoms with Gasteiger partial charge in [-0.2, -0.15) is 0 Å². The number of hydrogen-bond donors (Lipinski definition) is 2. The Balaban J connectivity index is 2.02. The highest BCUT2D eigenvalue weighted by Crippen LogP contribution is 2.27. The summed E-state index contributed by atoms with van der Waals surface area (Å²) in [7, 11) is 0. The average molecular weight is 385 g/mol. The maximum absolute atomic E-state index is 12.3. The van der Waals surface area contributed by atoms with E-state index < -0.39 is 16.5 Å². The Morgan fingerprint density at radius 3 is 2.78 bits per heavy atom. The van der Waals surface area contributed by atoms with Crippen LogP contribution in [0.4, 0.5) is 5.69 Å². The largest absolute Gasteiger partial charge is 0.477 e. The maximum Gasteiger partial charge on any atom is 0.346 e. The first kappa shape index (κ1) is 18.5. The molecule has 0 atom stereocenters. The summed E-state index contributed by atoms with van der Waals surface area (Å²) >= 11 is 0.939. The number of nitro groups is 1. The molecule has 0 aliphatic rings. The number of carboxylic acids is 1. The minimum absolute atomic E-state index is 0.0385. The number of aryl methyl sites for hydroxylation is 2. The molecule has 1 aromatic carbocycles. The minimum atomic E-state index is -1.10. The van der Waals surface area contributed by atoms with E-state index in [0.717, 1.165) is 11.3 Å². The molecular formula is C18H15N3O5S. The van der Waals surface area contributed by atoms with Gasteiger partial charge in [-0.3, -0.25) is 14.9 Å². The smallest absolute Gasteiger partial charge is 0.346 e. The lowest BCUT2D eigenvalue weighted by Gasteiger charge is -2.01. The Kier molecular flexibility index (Phi) is 4.87. The van der Waals surface area contributed by atoms with E-state index in [1.54, 1.807) is 25.1 Å². The third-order valence-corrected chi connectivity index (χ3v) is 5.31. The topological polar surface area (TPSA) is 126 Å². The highest BCUT2D eigenvalue weighted by Gasteiger charge is 2.18. The summed E-state index contributed by atoms with van der Waals surface area (Å²) in [5.74, 6) is -0.858. The molecule has 2 aromatic heterocycles.